The van der Waals surface area contributed by atoms with E-state index < -0.39 is 5.60 Å². The van der Waals surface area contributed by atoms with E-state index in [9.17, 15) is 4.79 Å². The van der Waals surface area contributed by atoms with Gasteiger partial charge in [-0.2, -0.15) is 0 Å². The average molecular weight is 292 g/mol. The highest BCUT2D eigenvalue weighted by Gasteiger charge is 2.23. The van der Waals surface area contributed by atoms with Gasteiger partial charge in [-0.25, -0.2) is 4.79 Å². The number of nitrogens with one attached hydrogen (secondary N) is 1. The van der Waals surface area contributed by atoms with E-state index in [2.05, 4.69) is 11.4 Å². The number of hydrogen-bond donors (Lipinski definition) is 1. The zero-order chi connectivity index (χ0) is 15.3. The normalized spacial score (nSPS) is 15.8. The molecule has 0 unspecified atom stereocenters. The number of rotatable bonds is 4. The van der Waals surface area contributed by atoms with Crippen molar-refractivity contribution in [3.8, 4) is 0 Å². The van der Waals surface area contributed by atoms with Gasteiger partial charge in [0.25, 0.3) is 0 Å². The van der Waals surface area contributed by atoms with Crippen LogP contribution in [0.15, 0.2) is 34.5 Å². The molecule has 0 radical (unpaired) electrons. The molecule has 0 atom stereocenters. The highest BCUT2D eigenvalue weighted by molar-refractivity contribution is 5.68. The number of furan rings is 1. The van der Waals surface area contributed by atoms with Crippen LogP contribution in [0.3, 0.4) is 0 Å². The van der Waals surface area contributed by atoms with E-state index in [0.29, 0.717) is 13.1 Å². The maximum atomic E-state index is 11.9. The molecule has 0 aromatic carbocycles. The monoisotopic (exact) mass is 292 g/mol. The fourth-order valence-corrected chi connectivity index (χ4v) is 2.12. The highest BCUT2D eigenvalue weighted by atomic mass is 16.6. The van der Waals surface area contributed by atoms with E-state index in [0.717, 1.165) is 25.3 Å². The van der Waals surface area contributed by atoms with Gasteiger partial charge >= 0.3 is 6.09 Å². The molecule has 0 saturated heterocycles. The number of amides is 1. The van der Waals surface area contributed by atoms with Gasteiger partial charge in [-0.3, -0.25) is 0 Å². The van der Waals surface area contributed by atoms with Crippen LogP contribution in [-0.4, -0.2) is 36.2 Å². The first-order valence-electron chi connectivity index (χ1n) is 7.33. The number of ether oxygens (including phenoxy) is 1. The van der Waals surface area contributed by atoms with Crippen molar-refractivity contribution in [1.29, 1.82) is 0 Å². The minimum Gasteiger partial charge on any atom is -0.468 e. The summed E-state index contributed by atoms with van der Waals surface area (Å²) in [4.78, 5) is 13.7. The molecule has 116 valence electrons. The van der Waals surface area contributed by atoms with Crippen molar-refractivity contribution < 1.29 is 13.9 Å². The lowest BCUT2D eigenvalue weighted by atomic mass is 10.1. The van der Waals surface area contributed by atoms with E-state index in [1.165, 1.54) is 5.57 Å². The summed E-state index contributed by atoms with van der Waals surface area (Å²) in [5, 5.41) is 3.34. The third-order valence-corrected chi connectivity index (χ3v) is 3.19. The summed E-state index contributed by atoms with van der Waals surface area (Å²) < 4.78 is 10.6. The Morgan fingerprint density at radius 3 is 2.81 bits per heavy atom. The van der Waals surface area contributed by atoms with Crippen molar-refractivity contribution in [3.05, 3.63) is 35.8 Å². The van der Waals surface area contributed by atoms with Crippen LogP contribution >= 0.6 is 0 Å². The van der Waals surface area contributed by atoms with Crippen molar-refractivity contribution in [2.45, 2.75) is 39.3 Å². The lowest BCUT2D eigenvalue weighted by molar-refractivity contribution is 0.0265. The van der Waals surface area contributed by atoms with E-state index in [4.69, 9.17) is 9.15 Å². The largest absolute Gasteiger partial charge is 0.468 e. The summed E-state index contributed by atoms with van der Waals surface area (Å²) in [6.45, 7) is 8.52. The first-order chi connectivity index (χ1) is 9.94. The van der Waals surface area contributed by atoms with Crippen LogP contribution in [-0.2, 0) is 11.3 Å². The quantitative estimate of drug-likeness (QED) is 0.867. The summed E-state index contributed by atoms with van der Waals surface area (Å²) in [5.74, 6) is 0.932. The molecule has 0 bridgehead atoms. The summed E-state index contributed by atoms with van der Waals surface area (Å²) >= 11 is 0. The van der Waals surface area contributed by atoms with Crippen LogP contribution in [0.25, 0.3) is 0 Å². The smallest absolute Gasteiger partial charge is 0.410 e. The molecule has 2 heterocycles. The Labute approximate surface area is 125 Å². The Morgan fingerprint density at radius 1 is 1.43 bits per heavy atom. The van der Waals surface area contributed by atoms with Gasteiger partial charge in [-0.15, -0.1) is 0 Å². The third kappa shape index (κ3) is 5.27. The molecule has 1 aromatic rings. The van der Waals surface area contributed by atoms with Crippen LogP contribution in [0.4, 0.5) is 4.79 Å². The number of carbonyl (C=O) groups excluding carboxylic acids is 1. The molecule has 1 aliphatic heterocycles. The molecule has 1 aliphatic rings. The number of carbonyl (C=O) groups is 1. The Balaban J connectivity index is 1.73. The summed E-state index contributed by atoms with van der Waals surface area (Å²) in [6, 6.07) is 3.84. The summed E-state index contributed by atoms with van der Waals surface area (Å²) in [5.41, 5.74) is 0.882. The zero-order valence-corrected chi connectivity index (χ0v) is 13.0. The minimum absolute atomic E-state index is 0.235. The van der Waals surface area contributed by atoms with Crippen LogP contribution < -0.4 is 5.32 Å². The van der Waals surface area contributed by atoms with Gasteiger partial charge in [-0.1, -0.05) is 11.6 Å². The molecular formula is C16H24N2O3. The molecule has 5 heteroatoms. The maximum absolute atomic E-state index is 11.9. The molecule has 0 spiro atoms. The summed E-state index contributed by atoms with van der Waals surface area (Å²) in [6.07, 6.45) is 4.42. The number of nitrogens with zero attached hydrogens (tertiary/aromatic N) is 1. The van der Waals surface area contributed by atoms with Gasteiger partial charge < -0.3 is 19.4 Å². The first kappa shape index (κ1) is 15.6. The lowest BCUT2D eigenvalue weighted by Crippen LogP contribution is -2.39. The zero-order valence-electron chi connectivity index (χ0n) is 13.0. The summed E-state index contributed by atoms with van der Waals surface area (Å²) in [7, 11) is 0. The Kier molecular flexibility index (Phi) is 5.07. The van der Waals surface area contributed by atoms with Crippen molar-refractivity contribution in [3.63, 3.8) is 0 Å². The second-order valence-corrected chi connectivity index (χ2v) is 6.22. The van der Waals surface area contributed by atoms with Crippen molar-refractivity contribution in [1.82, 2.24) is 10.2 Å². The molecule has 5 nitrogen and oxygen atoms in total. The van der Waals surface area contributed by atoms with Crippen LogP contribution in [0.2, 0.25) is 0 Å². The Bertz CT molecular complexity index is 486. The predicted octanol–water partition coefficient (Wildman–Crippen LogP) is 2.94. The van der Waals surface area contributed by atoms with Gasteiger partial charge in [0.1, 0.15) is 11.4 Å². The van der Waals surface area contributed by atoms with Crippen molar-refractivity contribution >= 4 is 6.09 Å². The fraction of sp³-hybridized carbons (Fsp3) is 0.562. The second-order valence-electron chi connectivity index (χ2n) is 6.22. The van der Waals surface area contributed by atoms with E-state index in [1.54, 1.807) is 11.2 Å². The van der Waals surface area contributed by atoms with Gasteiger partial charge in [-0.05, 0) is 39.3 Å². The van der Waals surface area contributed by atoms with Gasteiger partial charge in [0.05, 0.1) is 12.8 Å². The molecular weight excluding hydrogens is 268 g/mol. The van der Waals surface area contributed by atoms with Gasteiger partial charge in [0, 0.05) is 19.6 Å². The maximum Gasteiger partial charge on any atom is 0.410 e. The Hall–Kier alpha value is -1.75. The Morgan fingerprint density at radius 2 is 2.24 bits per heavy atom. The SMILES string of the molecule is CC(C)(C)OC(=O)N1CC=C(CNCc2ccco2)CC1. The second kappa shape index (κ2) is 6.80. The molecule has 0 fully saturated rings. The fourth-order valence-electron chi connectivity index (χ4n) is 2.12. The predicted molar refractivity (Wildman–Crippen MR) is 80.9 cm³/mol. The molecule has 21 heavy (non-hydrogen) atoms. The van der Waals surface area contributed by atoms with Crippen LogP contribution in [0, 0.1) is 0 Å². The first-order valence-corrected chi connectivity index (χ1v) is 7.33. The molecule has 0 aliphatic carbocycles. The molecule has 1 N–H and O–H groups in total. The lowest BCUT2D eigenvalue weighted by Gasteiger charge is -2.29. The topological polar surface area (TPSA) is 54.7 Å². The molecule has 2 rings (SSSR count). The molecule has 1 aromatic heterocycles. The van der Waals surface area contributed by atoms with E-state index >= 15 is 0 Å². The van der Waals surface area contributed by atoms with E-state index in [-0.39, 0.29) is 6.09 Å². The van der Waals surface area contributed by atoms with Gasteiger partial charge in [0.15, 0.2) is 0 Å². The highest BCUT2D eigenvalue weighted by Crippen LogP contribution is 2.15. The number of hydrogen-bond acceptors (Lipinski definition) is 4. The van der Waals surface area contributed by atoms with Crippen LogP contribution in [0.1, 0.15) is 33.0 Å². The van der Waals surface area contributed by atoms with Crippen molar-refractivity contribution in [2.75, 3.05) is 19.6 Å². The third-order valence-electron chi connectivity index (χ3n) is 3.19. The molecule has 1 amide bonds. The van der Waals surface area contributed by atoms with Crippen LogP contribution in [0.5, 0.6) is 0 Å². The minimum atomic E-state index is -0.439. The van der Waals surface area contributed by atoms with Crippen molar-refractivity contribution in [2.24, 2.45) is 0 Å². The van der Waals surface area contributed by atoms with E-state index in [1.807, 2.05) is 32.9 Å². The standard InChI is InChI=1S/C16H24N2O3/c1-16(2,3)21-15(19)18-8-6-13(7-9-18)11-17-12-14-5-4-10-20-14/h4-6,10,17H,7-9,11-12H2,1-3H3. The average Bonchev–Trinajstić information content (AvgIpc) is 2.91. The van der Waals surface area contributed by atoms with Gasteiger partial charge in [0.2, 0.25) is 0 Å². The molecule has 0 saturated carbocycles.